The van der Waals surface area contributed by atoms with Gasteiger partial charge in [-0.25, -0.2) is 0 Å². The molecule has 0 aliphatic heterocycles. The van der Waals surface area contributed by atoms with Gasteiger partial charge in [0.1, 0.15) is 11.2 Å². The molecule has 13 rings (SSSR count). The van der Waals surface area contributed by atoms with E-state index in [0.717, 1.165) is 44.6 Å². The second-order valence-corrected chi connectivity index (χ2v) is 18.8. The van der Waals surface area contributed by atoms with Crippen molar-refractivity contribution in [2.75, 3.05) is 4.90 Å². The maximum absolute atomic E-state index is 6.97. The van der Waals surface area contributed by atoms with Crippen molar-refractivity contribution in [1.29, 1.82) is 0 Å². The molecule has 9 aromatic carbocycles. The first-order chi connectivity index (χ1) is 30.4. The van der Waals surface area contributed by atoms with Crippen molar-refractivity contribution in [1.82, 2.24) is 0 Å². The molecule has 11 aromatic rings. The number of rotatable bonds is 5. The number of furan rings is 1. The van der Waals surface area contributed by atoms with E-state index in [4.69, 9.17) is 4.42 Å². The Bertz CT molecular complexity index is 3590. The van der Waals surface area contributed by atoms with Crippen molar-refractivity contribution >= 4 is 70.5 Å². The lowest BCUT2D eigenvalue weighted by Gasteiger charge is -2.32. The second-order valence-electron chi connectivity index (χ2n) is 17.7. The fourth-order valence-electron chi connectivity index (χ4n) is 11.1. The number of anilines is 3. The van der Waals surface area contributed by atoms with E-state index in [9.17, 15) is 0 Å². The average molecular weight is 812 g/mol. The number of para-hydroxylation sites is 1. The molecule has 3 heteroatoms. The summed E-state index contributed by atoms with van der Waals surface area (Å²) in [6.45, 7) is 7.13. The van der Waals surface area contributed by atoms with Crippen LogP contribution in [0.15, 0.2) is 199 Å². The SMILES string of the molecule is CC1(C)c2ccccc2-c2ccc(N(c3ccc(-c4cccc5c4sc4ccccc45)cc3)c3cc(C4(C)c5ccccc5-c5ccccc54)c4oc5ccccc5c4c3)cc21. The van der Waals surface area contributed by atoms with Gasteiger partial charge >= 0.3 is 0 Å². The summed E-state index contributed by atoms with van der Waals surface area (Å²) in [5, 5.41) is 4.86. The smallest absolute Gasteiger partial charge is 0.140 e. The molecule has 0 saturated heterocycles. The Balaban J connectivity index is 1.06. The van der Waals surface area contributed by atoms with E-state index >= 15 is 0 Å². The molecule has 2 aliphatic carbocycles. The molecule has 0 fully saturated rings. The van der Waals surface area contributed by atoms with Crippen LogP contribution in [0.4, 0.5) is 17.1 Å². The predicted molar refractivity (Wildman–Crippen MR) is 262 cm³/mol. The third kappa shape index (κ3) is 4.86. The molecule has 0 unspecified atom stereocenters. The van der Waals surface area contributed by atoms with E-state index < -0.39 is 5.41 Å². The summed E-state index contributed by atoms with van der Waals surface area (Å²) in [4.78, 5) is 2.48. The van der Waals surface area contributed by atoms with Crippen LogP contribution < -0.4 is 4.90 Å². The number of hydrogen-bond acceptors (Lipinski definition) is 3. The Hall–Kier alpha value is -7.20. The summed E-state index contributed by atoms with van der Waals surface area (Å²) in [6, 6.07) is 71.9. The van der Waals surface area contributed by atoms with E-state index in [1.807, 2.05) is 11.3 Å². The number of fused-ring (bicyclic) bond motifs is 12. The monoisotopic (exact) mass is 811 g/mol. The van der Waals surface area contributed by atoms with Crippen molar-refractivity contribution in [2.45, 2.75) is 31.6 Å². The highest BCUT2D eigenvalue weighted by atomic mass is 32.1. The summed E-state index contributed by atoms with van der Waals surface area (Å²) >= 11 is 1.88. The lowest BCUT2D eigenvalue weighted by atomic mass is 9.73. The van der Waals surface area contributed by atoms with Crippen molar-refractivity contribution in [2.24, 2.45) is 0 Å². The molecule has 0 spiro atoms. The standard InChI is InChI=1S/C59H41NOS/c1-58(2)49-22-9-4-15-41(49)44-32-31-38(34-52(44)58)60(37-29-27-36(28-30-37)40-20-14-21-47-46-19-8-13-26-55(46)62-57(40)47)39-33-48-45-18-7-12-25-54(45)61-56(48)53(35-39)59(3)50-23-10-5-16-42(50)43-17-6-11-24-51(43)59/h4-35H,1-3H3. The minimum absolute atomic E-state index is 0.152. The minimum atomic E-state index is -0.477. The van der Waals surface area contributed by atoms with Gasteiger partial charge in [0.2, 0.25) is 0 Å². The lowest BCUT2D eigenvalue weighted by Crippen LogP contribution is -2.23. The first-order valence-electron chi connectivity index (χ1n) is 21.6. The quantitative estimate of drug-likeness (QED) is 0.172. The van der Waals surface area contributed by atoms with Gasteiger partial charge in [-0.1, -0.05) is 159 Å². The summed E-state index contributed by atoms with van der Waals surface area (Å²) in [7, 11) is 0. The number of thiophene rings is 1. The van der Waals surface area contributed by atoms with E-state index in [2.05, 4.69) is 220 Å². The van der Waals surface area contributed by atoms with E-state index in [-0.39, 0.29) is 5.41 Å². The van der Waals surface area contributed by atoms with Crippen LogP contribution in [0.5, 0.6) is 0 Å². The largest absolute Gasteiger partial charge is 0.456 e. The fourth-order valence-corrected chi connectivity index (χ4v) is 12.3. The third-order valence-electron chi connectivity index (χ3n) is 14.1. The number of nitrogens with zero attached hydrogens (tertiary/aromatic N) is 1. The van der Waals surface area contributed by atoms with Crippen LogP contribution in [-0.4, -0.2) is 0 Å². The van der Waals surface area contributed by atoms with Crippen LogP contribution in [0.3, 0.4) is 0 Å². The molecule has 0 radical (unpaired) electrons. The summed E-state index contributed by atoms with van der Waals surface area (Å²) in [6.07, 6.45) is 0. The maximum Gasteiger partial charge on any atom is 0.140 e. The normalized spacial score (nSPS) is 14.3. The molecule has 0 saturated carbocycles. The zero-order valence-electron chi connectivity index (χ0n) is 34.7. The van der Waals surface area contributed by atoms with Crippen LogP contribution in [-0.2, 0) is 10.8 Å². The van der Waals surface area contributed by atoms with Gasteiger partial charge in [0.05, 0.1) is 0 Å². The van der Waals surface area contributed by atoms with Gasteiger partial charge in [-0.3, -0.25) is 0 Å². The van der Waals surface area contributed by atoms with Crippen LogP contribution >= 0.6 is 11.3 Å². The van der Waals surface area contributed by atoms with Crippen molar-refractivity contribution in [3.05, 3.63) is 222 Å². The van der Waals surface area contributed by atoms with E-state index in [1.54, 1.807) is 0 Å². The molecule has 0 atom stereocenters. The predicted octanol–water partition coefficient (Wildman–Crippen LogP) is 16.7. The van der Waals surface area contributed by atoms with Gasteiger partial charge in [0, 0.05) is 64.4 Å². The van der Waals surface area contributed by atoms with Gasteiger partial charge in [0.25, 0.3) is 0 Å². The molecule has 2 heterocycles. The summed E-state index contributed by atoms with van der Waals surface area (Å²) in [5.74, 6) is 0. The molecule has 0 amide bonds. The first kappa shape index (κ1) is 35.5. The van der Waals surface area contributed by atoms with Gasteiger partial charge in [-0.05, 0) is 111 Å². The number of hydrogen-bond donors (Lipinski definition) is 0. The van der Waals surface area contributed by atoms with Gasteiger partial charge in [-0.15, -0.1) is 11.3 Å². The highest BCUT2D eigenvalue weighted by Crippen LogP contribution is 2.56. The van der Waals surface area contributed by atoms with Gasteiger partial charge in [-0.2, -0.15) is 0 Å². The highest BCUT2D eigenvalue weighted by Gasteiger charge is 2.43. The fraction of sp³-hybridized carbons (Fsp3) is 0.0847. The first-order valence-corrected chi connectivity index (χ1v) is 22.4. The van der Waals surface area contributed by atoms with Crippen molar-refractivity contribution in [3.63, 3.8) is 0 Å². The molecule has 0 N–H and O–H groups in total. The molecule has 2 aliphatic rings. The summed E-state index contributed by atoms with van der Waals surface area (Å²) < 4.78 is 9.61. The zero-order chi connectivity index (χ0) is 41.3. The zero-order valence-corrected chi connectivity index (χ0v) is 35.6. The van der Waals surface area contributed by atoms with Crippen LogP contribution in [0.2, 0.25) is 0 Å². The van der Waals surface area contributed by atoms with Crippen LogP contribution in [0.25, 0.3) is 75.5 Å². The average Bonchev–Trinajstić information content (AvgIpc) is 4.03. The molecular formula is C59H41NOS. The van der Waals surface area contributed by atoms with Crippen molar-refractivity contribution in [3.8, 4) is 33.4 Å². The van der Waals surface area contributed by atoms with Crippen LogP contribution in [0, 0.1) is 0 Å². The second kappa shape index (κ2) is 12.9. The Morgan fingerprint density at radius 3 is 1.73 bits per heavy atom. The molecule has 2 aromatic heterocycles. The molecule has 62 heavy (non-hydrogen) atoms. The molecular weight excluding hydrogens is 771 g/mol. The Kier molecular flexibility index (Phi) is 7.40. The molecule has 294 valence electrons. The number of benzene rings is 9. The molecule has 2 nitrogen and oxygen atoms in total. The Labute approximate surface area is 365 Å². The highest BCUT2D eigenvalue weighted by molar-refractivity contribution is 7.26. The molecule has 0 bridgehead atoms. The van der Waals surface area contributed by atoms with Crippen molar-refractivity contribution < 1.29 is 4.42 Å². The van der Waals surface area contributed by atoms with Gasteiger partial charge < -0.3 is 9.32 Å². The lowest BCUT2D eigenvalue weighted by molar-refractivity contribution is 0.638. The van der Waals surface area contributed by atoms with E-state index in [1.165, 1.54) is 75.8 Å². The Morgan fingerprint density at radius 2 is 0.968 bits per heavy atom. The maximum atomic E-state index is 6.97. The van der Waals surface area contributed by atoms with Gasteiger partial charge in [0.15, 0.2) is 0 Å². The Morgan fingerprint density at radius 1 is 0.403 bits per heavy atom. The van der Waals surface area contributed by atoms with Crippen LogP contribution in [0.1, 0.15) is 48.6 Å². The topological polar surface area (TPSA) is 16.4 Å². The minimum Gasteiger partial charge on any atom is -0.456 e. The van der Waals surface area contributed by atoms with E-state index in [0.29, 0.717) is 0 Å². The summed E-state index contributed by atoms with van der Waals surface area (Å²) in [5.41, 5.74) is 18.6. The third-order valence-corrected chi connectivity index (χ3v) is 15.4.